The molecule has 5 nitrogen and oxygen atoms in total. The summed E-state index contributed by atoms with van der Waals surface area (Å²) in [7, 11) is 0. The van der Waals surface area contributed by atoms with Gasteiger partial charge in [0, 0.05) is 24.2 Å². The molecule has 0 aliphatic heterocycles. The molecule has 2 aromatic heterocycles. The minimum absolute atomic E-state index is 0.535. The smallest absolute Gasteiger partial charge is 0.149 e. The Labute approximate surface area is 114 Å². The van der Waals surface area contributed by atoms with Crippen molar-refractivity contribution in [2.24, 2.45) is 0 Å². The Morgan fingerprint density at radius 3 is 3.00 bits per heavy atom. The van der Waals surface area contributed by atoms with E-state index in [0.29, 0.717) is 12.4 Å². The molecule has 0 unspecified atom stereocenters. The number of hydrogen-bond acceptors (Lipinski definition) is 7. The maximum absolute atomic E-state index is 5.91. The Balaban J connectivity index is 2.12. The number of aryl methyl sites for hydroxylation is 1. The fourth-order valence-corrected chi connectivity index (χ4v) is 3.14. The second-order valence-corrected chi connectivity index (χ2v) is 5.32. The van der Waals surface area contributed by atoms with Crippen LogP contribution in [-0.4, -0.2) is 29.1 Å². The number of nitrogens with one attached hydrogen (secondary N) is 1. The summed E-state index contributed by atoms with van der Waals surface area (Å²) in [6.45, 7) is 6.09. The molecule has 0 fully saturated rings. The van der Waals surface area contributed by atoms with E-state index in [1.807, 2.05) is 19.2 Å². The second kappa shape index (κ2) is 6.12. The summed E-state index contributed by atoms with van der Waals surface area (Å²) < 4.78 is 9.47. The van der Waals surface area contributed by atoms with Gasteiger partial charge in [0.2, 0.25) is 0 Å². The summed E-state index contributed by atoms with van der Waals surface area (Å²) >= 11 is 2.95. The Hall–Kier alpha value is -1.18. The molecule has 7 heteroatoms. The average molecular weight is 284 g/mol. The van der Waals surface area contributed by atoms with Crippen LogP contribution in [0.5, 0.6) is 0 Å². The third-order valence-corrected chi connectivity index (χ3v) is 4.08. The van der Waals surface area contributed by atoms with E-state index in [-0.39, 0.29) is 0 Å². The molecule has 0 aliphatic carbocycles. The molecule has 3 N–H and O–H groups in total. The first-order valence-corrected chi connectivity index (χ1v) is 7.37. The van der Waals surface area contributed by atoms with E-state index in [1.165, 1.54) is 11.5 Å². The number of aromatic nitrogens is 2. The predicted octanol–water partition coefficient (Wildman–Crippen LogP) is 2.61. The lowest BCUT2D eigenvalue weighted by molar-refractivity contribution is 0.158. The highest BCUT2D eigenvalue weighted by Gasteiger charge is 2.16. The normalized spacial score (nSPS) is 10.8. The lowest BCUT2D eigenvalue weighted by Gasteiger charge is -2.05. The van der Waals surface area contributed by atoms with Crippen LogP contribution in [0.4, 0.5) is 10.8 Å². The van der Waals surface area contributed by atoms with Gasteiger partial charge in [-0.2, -0.15) is 4.37 Å². The van der Waals surface area contributed by atoms with Crippen molar-refractivity contribution in [2.75, 3.05) is 30.8 Å². The van der Waals surface area contributed by atoms with Gasteiger partial charge in [-0.25, -0.2) is 4.98 Å². The van der Waals surface area contributed by atoms with Crippen molar-refractivity contribution >= 4 is 33.7 Å². The van der Waals surface area contributed by atoms with Crippen LogP contribution < -0.4 is 11.1 Å². The first-order chi connectivity index (χ1) is 8.72. The van der Waals surface area contributed by atoms with E-state index >= 15 is 0 Å². The SMILES string of the molecule is CCOCCNc1snc(N)c1-c1nc(C)cs1. The van der Waals surface area contributed by atoms with Crippen molar-refractivity contribution < 1.29 is 4.74 Å². The van der Waals surface area contributed by atoms with E-state index in [2.05, 4.69) is 14.7 Å². The van der Waals surface area contributed by atoms with Gasteiger partial charge in [-0.3, -0.25) is 0 Å². The molecule has 2 heterocycles. The second-order valence-electron chi connectivity index (χ2n) is 3.69. The Kier molecular flexibility index (Phi) is 4.51. The lowest BCUT2D eigenvalue weighted by atomic mass is 10.3. The van der Waals surface area contributed by atoms with Crippen LogP contribution in [-0.2, 0) is 4.74 Å². The molecule has 0 saturated heterocycles. The molecule has 0 atom stereocenters. The van der Waals surface area contributed by atoms with Gasteiger partial charge in [0.25, 0.3) is 0 Å². The largest absolute Gasteiger partial charge is 0.382 e. The Morgan fingerprint density at radius 2 is 2.33 bits per heavy atom. The van der Waals surface area contributed by atoms with E-state index in [4.69, 9.17) is 10.5 Å². The number of thiazole rings is 1. The van der Waals surface area contributed by atoms with Crippen LogP contribution >= 0.6 is 22.9 Å². The molecule has 0 amide bonds. The molecule has 0 saturated carbocycles. The number of ether oxygens (including phenoxy) is 1. The summed E-state index contributed by atoms with van der Waals surface area (Å²) in [5, 5.41) is 7.18. The zero-order valence-electron chi connectivity index (χ0n) is 10.4. The third-order valence-electron chi connectivity index (χ3n) is 2.29. The van der Waals surface area contributed by atoms with Gasteiger partial charge < -0.3 is 15.8 Å². The predicted molar refractivity (Wildman–Crippen MR) is 77.4 cm³/mol. The van der Waals surface area contributed by atoms with Gasteiger partial charge in [0.15, 0.2) is 0 Å². The van der Waals surface area contributed by atoms with Crippen molar-refractivity contribution in [2.45, 2.75) is 13.8 Å². The number of nitrogens with two attached hydrogens (primary N) is 1. The van der Waals surface area contributed by atoms with E-state index in [1.54, 1.807) is 11.3 Å². The highest BCUT2D eigenvalue weighted by atomic mass is 32.1. The van der Waals surface area contributed by atoms with E-state index < -0.39 is 0 Å². The molecule has 0 radical (unpaired) electrons. The molecule has 18 heavy (non-hydrogen) atoms. The average Bonchev–Trinajstić information content (AvgIpc) is 2.91. The molecule has 0 spiro atoms. The third kappa shape index (κ3) is 2.98. The minimum atomic E-state index is 0.535. The molecular weight excluding hydrogens is 268 g/mol. The zero-order valence-corrected chi connectivity index (χ0v) is 12.0. The first kappa shape index (κ1) is 13.3. The van der Waals surface area contributed by atoms with E-state index in [9.17, 15) is 0 Å². The molecule has 0 aromatic carbocycles. The van der Waals surface area contributed by atoms with Gasteiger partial charge in [-0.05, 0) is 25.4 Å². The lowest BCUT2D eigenvalue weighted by Crippen LogP contribution is -2.08. The minimum Gasteiger partial charge on any atom is -0.382 e. The van der Waals surface area contributed by atoms with Crippen LogP contribution in [0.3, 0.4) is 0 Å². The Bertz CT molecular complexity index is 509. The van der Waals surface area contributed by atoms with Crippen molar-refractivity contribution in [3.05, 3.63) is 11.1 Å². The molecule has 0 bridgehead atoms. The number of hydrogen-bond donors (Lipinski definition) is 2. The van der Waals surface area contributed by atoms with Crippen LogP contribution in [0.1, 0.15) is 12.6 Å². The van der Waals surface area contributed by atoms with Crippen molar-refractivity contribution in [3.63, 3.8) is 0 Å². The van der Waals surface area contributed by atoms with Crippen molar-refractivity contribution in [1.29, 1.82) is 0 Å². The highest BCUT2D eigenvalue weighted by molar-refractivity contribution is 7.15. The zero-order chi connectivity index (χ0) is 13.0. The van der Waals surface area contributed by atoms with Gasteiger partial charge in [-0.15, -0.1) is 11.3 Å². The van der Waals surface area contributed by atoms with E-state index in [0.717, 1.165) is 34.4 Å². The number of nitrogen functional groups attached to an aromatic ring is 1. The van der Waals surface area contributed by atoms with Crippen LogP contribution in [0.15, 0.2) is 5.38 Å². The molecular formula is C11H16N4OS2. The summed E-state index contributed by atoms with van der Waals surface area (Å²) in [5.74, 6) is 0.535. The quantitative estimate of drug-likeness (QED) is 0.798. The number of anilines is 2. The molecule has 0 aliphatic rings. The highest BCUT2D eigenvalue weighted by Crippen LogP contribution is 2.38. The van der Waals surface area contributed by atoms with Crippen molar-refractivity contribution in [3.8, 4) is 10.6 Å². The number of rotatable bonds is 6. The van der Waals surface area contributed by atoms with Gasteiger partial charge in [0.05, 0.1) is 12.2 Å². The fraction of sp³-hybridized carbons (Fsp3) is 0.455. The summed E-state index contributed by atoms with van der Waals surface area (Å²) in [4.78, 5) is 4.45. The summed E-state index contributed by atoms with van der Waals surface area (Å²) in [6.07, 6.45) is 0. The molecule has 2 rings (SSSR count). The fourth-order valence-electron chi connectivity index (χ4n) is 1.48. The monoisotopic (exact) mass is 284 g/mol. The topological polar surface area (TPSA) is 73.1 Å². The summed E-state index contributed by atoms with van der Waals surface area (Å²) in [6, 6.07) is 0. The van der Waals surface area contributed by atoms with Crippen molar-refractivity contribution in [1.82, 2.24) is 9.36 Å². The summed E-state index contributed by atoms with van der Waals surface area (Å²) in [5.41, 5.74) is 7.82. The van der Waals surface area contributed by atoms with Gasteiger partial charge >= 0.3 is 0 Å². The van der Waals surface area contributed by atoms with Crippen LogP contribution in [0, 0.1) is 6.92 Å². The van der Waals surface area contributed by atoms with Crippen LogP contribution in [0.25, 0.3) is 10.6 Å². The molecule has 2 aromatic rings. The number of nitrogens with zero attached hydrogens (tertiary/aromatic N) is 2. The van der Waals surface area contributed by atoms with Crippen LogP contribution in [0.2, 0.25) is 0 Å². The van der Waals surface area contributed by atoms with Gasteiger partial charge in [0.1, 0.15) is 15.8 Å². The standard InChI is InChI=1S/C11H16N4OS2/c1-3-16-5-4-13-10-8(9(12)15-18-10)11-14-7(2)6-17-11/h6,13H,3-5H2,1-2H3,(H2,12,15). The van der Waals surface area contributed by atoms with Gasteiger partial charge in [-0.1, -0.05) is 0 Å². The maximum Gasteiger partial charge on any atom is 0.149 e. The maximum atomic E-state index is 5.91. The first-order valence-electron chi connectivity index (χ1n) is 5.71. The Morgan fingerprint density at radius 1 is 1.50 bits per heavy atom. The molecule has 98 valence electrons.